The average molecular weight is 633 g/mol. The van der Waals surface area contributed by atoms with Crippen LogP contribution in [0.15, 0.2) is 53.4 Å². The molecule has 2 aromatic carbocycles. The van der Waals surface area contributed by atoms with Gasteiger partial charge in [-0.2, -0.15) is 13.2 Å². The third-order valence-corrected chi connectivity index (χ3v) is 8.56. The molecule has 0 unspecified atom stereocenters. The predicted octanol–water partition coefficient (Wildman–Crippen LogP) is 3.80. The van der Waals surface area contributed by atoms with Crippen LogP contribution < -0.4 is 21.7 Å². The fourth-order valence-electron chi connectivity index (χ4n) is 5.18. The third-order valence-electron chi connectivity index (χ3n) is 7.43. The van der Waals surface area contributed by atoms with E-state index < -0.39 is 22.6 Å². The number of rotatable bonds is 12. The molecule has 9 nitrogen and oxygen atoms in total. The summed E-state index contributed by atoms with van der Waals surface area (Å²) in [6, 6.07) is 13.2. The predicted molar refractivity (Wildman–Crippen MR) is 167 cm³/mol. The van der Waals surface area contributed by atoms with Gasteiger partial charge in [0.25, 0.3) is 0 Å². The lowest BCUT2D eigenvalue weighted by Gasteiger charge is -2.32. The number of unbranched alkanes of at least 4 members (excludes halogenated alkanes) is 1. The molecule has 0 spiro atoms. The van der Waals surface area contributed by atoms with Crippen LogP contribution in [0.4, 0.5) is 24.5 Å². The van der Waals surface area contributed by atoms with E-state index in [1.165, 1.54) is 16.7 Å². The highest BCUT2D eigenvalue weighted by Gasteiger charge is 2.30. The quantitative estimate of drug-likeness (QED) is 0.177. The average Bonchev–Trinajstić information content (AvgIpc) is 3.31. The van der Waals surface area contributed by atoms with Crippen molar-refractivity contribution >= 4 is 38.0 Å². The maximum absolute atomic E-state index is 13.6. The van der Waals surface area contributed by atoms with Crippen molar-refractivity contribution in [2.75, 3.05) is 56.2 Å². The number of aromatic nitrogens is 1. The molecule has 1 amide bonds. The monoisotopic (exact) mass is 632 g/mol. The van der Waals surface area contributed by atoms with Gasteiger partial charge in [0, 0.05) is 48.7 Å². The molecule has 2 heterocycles. The number of nitrogens with two attached hydrogens (primary N) is 1. The topological polar surface area (TPSA) is 121 Å². The highest BCUT2D eigenvalue weighted by Crippen LogP contribution is 2.31. The number of carbonyl (C=O) groups excluding carboxylic acids is 1. The Labute approximate surface area is 256 Å². The van der Waals surface area contributed by atoms with Gasteiger partial charge in [-0.15, -0.1) is 0 Å². The summed E-state index contributed by atoms with van der Waals surface area (Å²) in [5, 5.41) is 10.1. The van der Waals surface area contributed by atoms with Crippen LogP contribution in [0.3, 0.4) is 0 Å². The first kappa shape index (κ1) is 33.2. The van der Waals surface area contributed by atoms with Crippen LogP contribution in [0.2, 0.25) is 0 Å². The number of halogens is 3. The van der Waals surface area contributed by atoms with E-state index in [0.29, 0.717) is 36.2 Å². The fraction of sp³-hybridized carbons (Fsp3) is 0.452. The summed E-state index contributed by atoms with van der Waals surface area (Å²) < 4.78 is 65.2. The Morgan fingerprint density at radius 2 is 1.82 bits per heavy atom. The first-order valence-corrected chi connectivity index (χ1v) is 16.5. The molecule has 1 aromatic heterocycles. The van der Waals surface area contributed by atoms with Crippen molar-refractivity contribution in [3.8, 4) is 11.8 Å². The van der Waals surface area contributed by atoms with Crippen molar-refractivity contribution < 1.29 is 26.4 Å². The Morgan fingerprint density at radius 3 is 2.48 bits per heavy atom. The van der Waals surface area contributed by atoms with Crippen LogP contribution >= 0.6 is 0 Å². The molecule has 1 fully saturated rings. The van der Waals surface area contributed by atoms with Gasteiger partial charge < -0.3 is 26.3 Å². The van der Waals surface area contributed by atoms with Gasteiger partial charge >= 0.3 is 6.18 Å². The van der Waals surface area contributed by atoms with Crippen molar-refractivity contribution in [3.05, 3.63) is 54.2 Å². The lowest BCUT2D eigenvalue weighted by Crippen LogP contribution is -2.44. The number of nitrogens with zero attached hydrogens (tertiary/aromatic N) is 2. The summed E-state index contributed by atoms with van der Waals surface area (Å²) in [7, 11) is -3.31. The first-order chi connectivity index (χ1) is 20.9. The number of benzene rings is 2. The minimum absolute atomic E-state index is 0.00195. The molecule has 0 bridgehead atoms. The number of fused-ring (bicyclic) bond motifs is 1. The Kier molecular flexibility index (Phi) is 11.2. The van der Waals surface area contributed by atoms with E-state index in [4.69, 9.17) is 5.73 Å². The molecule has 0 radical (unpaired) electrons. The van der Waals surface area contributed by atoms with Gasteiger partial charge in [-0.1, -0.05) is 12.0 Å². The minimum atomic E-state index is -4.44. The lowest BCUT2D eigenvalue weighted by atomic mass is 10.0. The van der Waals surface area contributed by atoms with Crippen LogP contribution in [-0.2, 0) is 21.2 Å². The van der Waals surface area contributed by atoms with Crippen LogP contribution in [0.5, 0.6) is 0 Å². The molecule has 1 aliphatic rings. The number of hydrogen-bond donors (Lipinski definition) is 4. The van der Waals surface area contributed by atoms with E-state index in [1.54, 1.807) is 30.3 Å². The fourth-order valence-corrected chi connectivity index (χ4v) is 5.81. The van der Waals surface area contributed by atoms with Crippen molar-refractivity contribution in [2.24, 2.45) is 5.73 Å². The van der Waals surface area contributed by atoms with E-state index >= 15 is 0 Å². The summed E-state index contributed by atoms with van der Waals surface area (Å²) in [6.45, 7) is 2.03. The molecule has 4 rings (SSSR count). The molecule has 13 heteroatoms. The van der Waals surface area contributed by atoms with Gasteiger partial charge in [0.05, 0.1) is 29.2 Å². The first-order valence-electron chi connectivity index (χ1n) is 14.6. The van der Waals surface area contributed by atoms with E-state index in [0.717, 1.165) is 50.7 Å². The summed E-state index contributed by atoms with van der Waals surface area (Å²) in [6.07, 6.45) is 0.0152. The van der Waals surface area contributed by atoms with Crippen molar-refractivity contribution in [1.82, 2.24) is 14.8 Å². The second kappa shape index (κ2) is 14.8. The molecular weight excluding hydrogens is 593 g/mol. The molecule has 44 heavy (non-hydrogen) atoms. The summed E-state index contributed by atoms with van der Waals surface area (Å²) >= 11 is 0. The van der Waals surface area contributed by atoms with Crippen LogP contribution in [-0.4, -0.2) is 81.5 Å². The van der Waals surface area contributed by atoms with Gasteiger partial charge in [-0.3, -0.25) is 9.69 Å². The molecule has 238 valence electrons. The van der Waals surface area contributed by atoms with Crippen LogP contribution in [0, 0.1) is 11.8 Å². The number of alkyl halides is 3. The smallest absolute Gasteiger partial charge is 0.382 e. The Bertz CT molecular complexity index is 1590. The molecule has 3 aromatic rings. The van der Waals surface area contributed by atoms with Crippen LogP contribution in [0.1, 0.15) is 31.4 Å². The lowest BCUT2D eigenvalue weighted by molar-refractivity contribution is -0.140. The SMILES string of the molecule is CS(=O)(=O)c1ccc(NCC#Cc2cc3c(NC4CCN(CC(=O)NCCCCN)CC4)cccc3n2CC(F)(F)F)cc1. The number of sulfone groups is 1. The number of anilines is 2. The number of nitrogens with one attached hydrogen (secondary N) is 3. The molecule has 5 N–H and O–H groups in total. The number of carbonyl (C=O) groups is 1. The number of piperidine rings is 1. The minimum Gasteiger partial charge on any atom is -0.382 e. The van der Waals surface area contributed by atoms with E-state index in [-0.39, 0.29) is 29.1 Å². The zero-order valence-electron chi connectivity index (χ0n) is 24.7. The van der Waals surface area contributed by atoms with Gasteiger partial charge in [0.2, 0.25) is 5.91 Å². The largest absolute Gasteiger partial charge is 0.406 e. The van der Waals surface area contributed by atoms with Crippen molar-refractivity contribution in [3.63, 3.8) is 0 Å². The molecule has 0 aliphatic carbocycles. The Hall–Kier alpha value is -3.73. The van der Waals surface area contributed by atoms with Gasteiger partial charge in [-0.05, 0) is 80.6 Å². The Balaban J connectivity index is 1.42. The third kappa shape index (κ3) is 9.64. The standard InChI is InChI=1S/C31H39F3N6O3S/c1-44(42,43)26-11-9-23(10-12-26)36-17-5-6-25-20-27-28(7-4-8-29(27)40(25)22-31(32,33)34)38-24-13-18-39(19-14-24)21-30(41)37-16-3-2-15-35/h4,7-12,20,24,36,38H,2-3,13-19,21-22,35H2,1H3,(H,37,41). The highest BCUT2D eigenvalue weighted by atomic mass is 32.2. The van der Waals surface area contributed by atoms with E-state index in [2.05, 4.69) is 32.7 Å². The number of likely N-dealkylation sites (tertiary alicyclic amines) is 1. The number of hydrogen-bond acceptors (Lipinski definition) is 7. The molecular formula is C31H39F3N6O3S. The van der Waals surface area contributed by atoms with E-state index in [1.807, 2.05) is 6.07 Å². The van der Waals surface area contributed by atoms with E-state index in [9.17, 15) is 26.4 Å². The zero-order chi connectivity index (χ0) is 31.7. The maximum atomic E-state index is 13.6. The molecule has 1 aliphatic heterocycles. The van der Waals surface area contributed by atoms with Crippen LogP contribution in [0.25, 0.3) is 10.9 Å². The van der Waals surface area contributed by atoms with Gasteiger partial charge in [-0.25, -0.2) is 8.42 Å². The zero-order valence-corrected chi connectivity index (χ0v) is 25.5. The highest BCUT2D eigenvalue weighted by molar-refractivity contribution is 7.90. The summed E-state index contributed by atoms with van der Waals surface area (Å²) in [4.78, 5) is 14.5. The molecule has 0 saturated carbocycles. The Morgan fingerprint density at radius 1 is 1.09 bits per heavy atom. The van der Waals surface area contributed by atoms with Gasteiger partial charge in [0.15, 0.2) is 9.84 Å². The normalized spacial score (nSPS) is 14.7. The molecule has 0 atom stereocenters. The summed E-state index contributed by atoms with van der Waals surface area (Å²) in [5.74, 6) is 5.77. The van der Waals surface area contributed by atoms with Gasteiger partial charge in [0.1, 0.15) is 6.54 Å². The van der Waals surface area contributed by atoms with Crippen molar-refractivity contribution in [1.29, 1.82) is 0 Å². The summed E-state index contributed by atoms with van der Waals surface area (Å²) in [5.41, 5.74) is 7.55. The second-order valence-electron chi connectivity index (χ2n) is 11.0. The number of amides is 1. The van der Waals surface area contributed by atoms with Crippen molar-refractivity contribution in [2.45, 2.75) is 49.3 Å². The maximum Gasteiger partial charge on any atom is 0.406 e. The second-order valence-corrected chi connectivity index (χ2v) is 13.0. The molecule has 1 saturated heterocycles.